The maximum Gasteiger partial charge on any atom is 0.224 e. The zero-order valence-corrected chi connectivity index (χ0v) is 13.4. The Hall–Kier alpha value is -2.30. The van der Waals surface area contributed by atoms with Gasteiger partial charge in [0.2, 0.25) is 5.91 Å². The van der Waals surface area contributed by atoms with E-state index in [9.17, 15) is 9.90 Å². The van der Waals surface area contributed by atoms with Gasteiger partial charge in [0.05, 0.1) is 11.4 Å². The van der Waals surface area contributed by atoms with Gasteiger partial charge in [0.15, 0.2) is 5.89 Å². The normalized spacial score (nSPS) is 11.5. The van der Waals surface area contributed by atoms with Crippen LogP contribution in [0.5, 0.6) is 5.75 Å². The summed E-state index contributed by atoms with van der Waals surface area (Å²) in [4.78, 5) is 16.4. The van der Waals surface area contributed by atoms with Gasteiger partial charge in [0.1, 0.15) is 11.5 Å². The van der Waals surface area contributed by atoms with Gasteiger partial charge < -0.3 is 14.8 Å². The number of aromatic nitrogens is 1. The monoisotopic (exact) mass is 302 g/mol. The number of carbonyl (C=O) groups excluding carboxylic acids is 1. The van der Waals surface area contributed by atoms with Crippen molar-refractivity contribution in [3.05, 3.63) is 41.6 Å². The van der Waals surface area contributed by atoms with Gasteiger partial charge in [-0.25, -0.2) is 4.98 Å². The average molecular weight is 302 g/mol. The Morgan fingerprint density at radius 2 is 2.00 bits per heavy atom. The summed E-state index contributed by atoms with van der Waals surface area (Å²) in [6.45, 7) is 7.99. The van der Waals surface area contributed by atoms with Crippen molar-refractivity contribution in [3.63, 3.8) is 0 Å². The predicted octanol–water partition coefficient (Wildman–Crippen LogP) is 3.56. The maximum atomic E-state index is 12.0. The van der Waals surface area contributed by atoms with Crippen LogP contribution in [-0.4, -0.2) is 16.0 Å². The van der Waals surface area contributed by atoms with E-state index in [1.807, 2.05) is 27.7 Å². The number of aromatic hydroxyl groups is 1. The number of hydrogen-bond acceptors (Lipinski definition) is 4. The Balaban J connectivity index is 1.97. The summed E-state index contributed by atoms with van der Waals surface area (Å²) in [5, 5.41) is 12.3. The van der Waals surface area contributed by atoms with Gasteiger partial charge in [-0.05, 0) is 19.1 Å². The topological polar surface area (TPSA) is 75.4 Å². The summed E-state index contributed by atoms with van der Waals surface area (Å²) in [6.07, 6.45) is 0.752. The standard InChI is InChI=1S/C17H22N2O3/c1-11-14(22-16(18-11)17(2,3)4)9-10-15(21)19-12-7-5-6-8-13(12)20/h5-8,20H,9-10H2,1-4H3,(H,19,21). The van der Waals surface area contributed by atoms with Crippen molar-refractivity contribution in [2.45, 2.75) is 46.0 Å². The van der Waals surface area contributed by atoms with Crippen LogP contribution in [0.25, 0.3) is 0 Å². The second-order valence-corrected chi connectivity index (χ2v) is 6.34. The number of phenols is 1. The Kier molecular flexibility index (Phi) is 4.54. The molecule has 2 aromatic rings. The smallest absolute Gasteiger partial charge is 0.224 e. The molecule has 0 aliphatic rings. The third-order valence-corrected chi connectivity index (χ3v) is 3.29. The number of oxazole rings is 1. The summed E-state index contributed by atoms with van der Waals surface area (Å²) >= 11 is 0. The van der Waals surface area contributed by atoms with E-state index in [2.05, 4.69) is 10.3 Å². The molecule has 118 valence electrons. The van der Waals surface area contributed by atoms with Gasteiger partial charge in [0, 0.05) is 18.3 Å². The van der Waals surface area contributed by atoms with E-state index in [1.165, 1.54) is 6.07 Å². The molecule has 0 unspecified atom stereocenters. The molecule has 1 heterocycles. The largest absolute Gasteiger partial charge is 0.506 e. The molecule has 0 aliphatic heterocycles. The van der Waals surface area contributed by atoms with Crippen LogP contribution in [0.2, 0.25) is 0 Å². The summed E-state index contributed by atoms with van der Waals surface area (Å²) < 4.78 is 5.76. The van der Waals surface area contributed by atoms with Crippen LogP contribution in [0.4, 0.5) is 5.69 Å². The number of para-hydroxylation sites is 2. The second-order valence-electron chi connectivity index (χ2n) is 6.34. The zero-order chi connectivity index (χ0) is 16.3. The molecule has 0 fully saturated rings. The van der Waals surface area contributed by atoms with Crippen LogP contribution in [0.15, 0.2) is 28.7 Å². The highest BCUT2D eigenvalue weighted by Crippen LogP contribution is 2.25. The number of nitrogens with zero attached hydrogens (tertiary/aromatic N) is 1. The van der Waals surface area contributed by atoms with Crippen molar-refractivity contribution in [1.29, 1.82) is 0 Å². The fourth-order valence-electron chi connectivity index (χ4n) is 2.00. The van der Waals surface area contributed by atoms with E-state index in [0.717, 1.165) is 11.5 Å². The molecule has 0 saturated heterocycles. The maximum absolute atomic E-state index is 12.0. The lowest BCUT2D eigenvalue weighted by Crippen LogP contribution is -2.12. The first-order chi connectivity index (χ1) is 10.3. The Bertz CT molecular complexity index is 669. The number of carbonyl (C=O) groups is 1. The molecule has 0 bridgehead atoms. The van der Waals surface area contributed by atoms with E-state index in [-0.39, 0.29) is 23.5 Å². The minimum Gasteiger partial charge on any atom is -0.506 e. The number of anilines is 1. The summed E-state index contributed by atoms with van der Waals surface area (Å²) in [5.41, 5.74) is 1.08. The van der Waals surface area contributed by atoms with Crippen molar-refractivity contribution < 1.29 is 14.3 Å². The highest BCUT2D eigenvalue weighted by Gasteiger charge is 2.22. The highest BCUT2D eigenvalue weighted by molar-refractivity contribution is 5.92. The lowest BCUT2D eigenvalue weighted by Gasteiger charge is -2.12. The van der Waals surface area contributed by atoms with Crippen molar-refractivity contribution in [2.24, 2.45) is 0 Å². The van der Waals surface area contributed by atoms with E-state index in [4.69, 9.17) is 4.42 Å². The van der Waals surface area contributed by atoms with Crippen LogP contribution in [0.1, 0.15) is 44.5 Å². The van der Waals surface area contributed by atoms with Crippen molar-refractivity contribution in [3.8, 4) is 5.75 Å². The third kappa shape index (κ3) is 3.87. The Morgan fingerprint density at radius 1 is 1.32 bits per heavy atom. The quantitative estimate of drug-likeness (QED) is 0.847. The number of hydrogen-bond donors (Lipinski definition) is 2. The molecule has 5 heteroatoms. The molecule has 22 heavy (non-hydrogen) atoms. The van der Waals surface area contributed by atoms with Crippen LogP contribution in [0, 0.1) is 6.92 Å². The fourth-order valence-corrected chi connectivity index (χ4v) is 2.00. The molecule has 1 amide bonds. The van der Waals surface area contributed by atoms with Crippen molar-refractivity contribution in [1.82, 2.24) is 4.98 Å². The molecule has 1 aromatic heterocycles. The van der Waals surface area contributed by atoms with Gasteiger partial charge in [-0.3, -0.25) is 4.79 Å². The van der Waals surface area contributed by atoms with Crippen LogP contribution < -0.4 is 5.32 Å². The average Bonchev–Trinajstić information content (AvgIpc) is 2.80. The third-order valence-electron chi connectivity index (χ3n) is 3.29. The van der Waals surface area contributed by atoms with E-state index >= 15 is 0 Å². The molecule has 2 N–H and O–H groups in total. The van der Waals surface area contributed by atoms with Crippen molar-refractivity contribution >= 4 is 11.6 Å². The Labute approximate surface area is 130 Å². The lowest BCUT2D eigenvalue weighted by atomic mass is 9.97. The first-order valence-electron chi connectivity index (χ1n) is 7.32. The van der Waals surface area contributed by atoms with Crippen LogP contribution in [-0.2, 0) is 16.6 Å². The predicted molar refractivity (Wildman–Crippen MR) is 85.0 cm³/mol. The lowest BCUT2D eigenvalue weighted by molar-refractivity contribution is -0.116. The fraction of sp³-hybridized carbons (Fsp3) is 0.412. The van der Waals surface area contributed by atoms with Crippen LogP contribution >= 0.6 is 0 Å². The SMILES string of the molecule is Cc1nc(C(C)(C)C)oc1CCC(=O)Nc1ccccc1O. The molecule has 5 nitrogen and oxygen atoms in total. The summed E-state index contributed by atoms with van der Waals surface area (Å²) in [6, 6.07) is 6.65. The molecule has 0 spiro atoms. The number of nitrogens with one attached hydrogen (secondary N) is 1. The molecule has 2 rings (SSSR count). The van der Waals surface area contributed by atoms with Crippen LogP contribution in [0.3, 0.4) is 0 Å². The minimum absolute atomic E-state index is 0.0571. The summed E-state index contributed by atoms with van der Waals surface area (Å²) in [7, 11) is 0. The number of phenolic OH excluding ortho intramolecular Hbond substituents is 1. The first-order valence-corrected chi connectivity index (χ1v) is 7.32. The molecular formula is C17H22N2O3. The zero-order valence-electron chi connectivity index (χ0n) is 13.4. The van der Waals surface area contributed by atoms with Gasteiger partial charge in [-0.1, -0.05) is 32.9 Å². The highest BCUT2D eigenvalue weighted by atomic mass is 16.4. The number of amides is 1. The number of rotatable bonds is 4. The van der Waals surface area contributed by atoms with E-state index in [1.54, 1.807) is 18.2 Å². The van der Waals surface area contributed by atoms with Gasteiger partial charge in [-0.15, -0.1) is 0 Å². The van der Waals surface area contributed by atoms with Gasteiger partial charge in [0.25, 0.3) is 0 Å². The van der Waals surface area contributed by atoms with E-state index < -0.39 is 0 Å². The number of benzene rings is 1. The molecular weight excluding hydrogens is 280 g/mol. The van der Waals surface area contributed by atoms with Crippen molar-refractivity contribution in [2.75, 3.05) is 5.32 Å². The molecule has 1 aromatic carbocycles. The number of aryl methyl sites for hydroxylation is 2. The molecule has 0 radical (unpaired) electrons. The van der Waals surface area contributed by atoms with Gasteiger partial charge in [-0.2, -0.15) is 0 Å². The molecule has 0 saturated carbocycles. The van der Waals surface area contributed by atoms with E-state index in [0.29, 0.717) is 18.0 Å². The first kappa shape index (κ1) is 16.1. The van der Waals surface area contributed by atoms with Gasteiger partial charge >= 0.3 is 0 Å². The second kappa shape index (κ2) is 6.22. The Morgan fingerprint density at radius 3 is 2.59 bits per heavy atom. The minimum atomic E-state index is -0.172. The molecule has 0 atom stereocenters. The summed E-state index contributed by atoms with van der Waals surface area (Å²) in [5.74, 6) is 1.30. The molecule has 0 aliphatic carbocycles.